The van der Waals surface area contributed by atoms with Crippen LogP contribution in [0.4, 0.5) is 0 Å². The summed E-state index contributed by atoms with van der Waals surface area (Å²) < 4.78 is 4.40. The van der Waals surface area contributed by atoms with E-state index in [0.29, 0.717) is 0 Å². The number of aliphatic hydroxyl groups is 1. The summed E-state index contributed by atoms with van der Waals surface area (Å²) in [5.41, 5.74) is 4.75. The second kappa shape index (κ2) is 4.34. The van der Waals surface area contributed by atoms with Crippen LogP contribution in [0.15, 0.2) is 55.1 Å². The summed E-state index contributed by atoms with van der Waals surface area (Å²) in [6, 6.07) is 12.7. The topological polar surface area (TPSA) is 43.0 Å². The molecule has 1 aromatic carbocycles. The van der Waals surface area contributed by atoms with Crippen molar-refractivity contribution in [2.75, 3.05) is 0 Å². The van der Waals surface area contributed by atoms with E-state index in [2.05, 4.69) is 44.6 Å². The van der Waals surface area contributed by atoms with Gasteiger partial charge in [0, 0.05) is 29.9 Å². The van der Waals surface area contributed by atoms with E-state index in [-0.39, 0.29) is 12.0 Å². The second-order valence-electron chi connectivity index (χ2n) is 6.24. The molecule has 0 amide bonds. The smallest absolute Gasteiger partial charge is 0.0991 e. The highest BCUT2D eigenvalue weighted by atomic mass is 16.3. The fourth-order valence-corrected chi connectivity index (χ4v) is 4.21. The summed E-state index contributed by atoms with van der Waals surface area (Å²) >= 11 is 0. The largest absolute Gasteiger partial charge is 0.386 e. The zero-order chi connectivity index (χ0) is 14.7. The van der Waals surface area contributed by atoms with Crippen molar-refractivity contribution in [3.63, 3.8) is 0 Å². The number of rotatable bonds is 1. The molecule has 0 bridgehead atoms. The average Bonchev–Trinajstić information content (AvgIpc) is 3.23. The van der Waals surface area contributed by atoms with Crippen LogP contribution < -0.4 is 0 Å². The number of fused-ring (bicyclic) bond motifs is 4. The van der Waals surface area contributed by atoms with Gasteiger partial charge >= 0.3 is 0 Å². The van der Waals surface area contributed by atoms with Gasteiger partial charge in [-0.25, -0.2) is 4.98 Å². The van der Waals surface area contributed by atoms with E-state index in [9.17, 15) is 5.11 Å². The van der Waals surface area contributed by atoms with Crippen molar-refractivity contribution >= 4 is 0 Å². The SMILES string of the molecule is O[C@@H]1c2cccn2CC[C@H]1[C@H]1c2ccccc2-c2cncn21. The molecule has 0 spiro atoms. The standard InChI is InChI=1S/C18H17N3O/c22-18-14(7-9-20-8-3-6-15(18)20)17-13-5-2-1-4-12(13)16-10-19-11-21(16)17/h1-6,8,10-11,14,17-18,22H,7,9H2/t14-,17+,18-/m0/s1. The number of aryl methyl sites for hydroxylation is 1. The first-order valence-corrected chi connectivity index (χ1v) is 7.79. The summed E-state index contributed by atoms with van der Waals surface area (Å²) in [6.45, 7) is 0.965. The minimum absolute atomic E-state index is 0.173. The van der Waals surface area contributed by atoms with Gasteiger partial charge in [0.25, 0.3) is 0 Å². The monoisotopic (exact) mass is 291 g/mol. The molecule has 0 unspecified atom stereocenters. The Morgan fingerprint density at radius 1 is 1.14 bits per heavy atom. The molecule has 3 aromatic rings. The van der Waals surface area contributed by atoms with Crippen molar-refractivity contribution in [1.82, 2.24) is 14.1 Å². The number of hydrogen-bond donors (Lipinski definition) is 1. The molecule has 2 aliphatic heterocycles. The lowest BCUT2D eigenvalue weighted by Crippen LogP contribution is -2.30. The molecule has 0 fully saturated rings. The van der Waals surface area contributed by atoms with E-state index in [0.717, 1.165) is 24.4 Å². The highest BCUT2D eigenvalue weighted by Crippen LogP contribution is 2.48. The Labute approximate surface area is 128 Å². The lowest BCUT2D eigenvalue weighted by atomic mass is 9.83. The zero-order valence-corrected chi connectivity index (χ0v) is 12.1. The molecule has 0 radical (unpaired) electrons. The van der Waals surface area contributed by atoms with Gasteiger partial charge in [0.1, 0.15) is 0 Å². The van der Waals surface area contributed by atoms with Gasteiger partial charge in [0.15, 0.2) is 0 Å². The molecule has 0 saturated carbocycles. The lowest BCUT2D eigenvalue weighted by Gasteiger charge is -2.35. The number of benzene rings is 1. The lowest BCUT2D eigenvalue weighted by molar-refractivity contribution is 0.0556. The first-order chi connectivity index (χ1) is 10.8. The molecule has 22 heavy (non-hydrogen) atoms. The van der Waals surface area contributed by atoms with Crippen LogP contribution in [0, 0.1) is 5.92 Å². The predicted molar refractivity (Wildman–Crippen MR) is 83.3 cm³/mol. The third-order valence-corrected chi connectivity index (χ3v) is 5.20. The maximum atomic E-state index is 10.9. The molecule has 4 heterocycles. The van der Waals surface area contributed by atoms with Crippen molar-refractivity contribution in [1.29, 1.82) is 0 Å². The fourth-order valence-electron chi connectivity index (χ4n) is 4.21. The molecule has 0 aliphatic carbocycles. The van der Waals surface area contributed by atoms with Crippen LogP contribution in [0.5, 0.6) is 0 Å². The first-order valence-electron chi connectivity index (χ1n) is 7.79. The first kappa shape index (κ1) is 12.2. The number of nitrogens with zero attached hydrogens (tertiary/aromatic N) is 3. The molecule has 4 nitrogen and oxygen atoms in total. The minimum atomic E-state index is -0.435. The van der Waals surface area contributed by atoms with Crippen molar-refractivity contribution in [2.24, 2.45) is 5.92 Å². The quantitative estimate of drug-likeness (QED) is 0.749. The summed E-state index contributed by atoms with van der Waals surface area (Å²) in [5.74, 6) is 0.180. The van der Waals surface area contributed by atoms with E-state index in [4.69, 9.17) is 0 Å². The molecular formula is C18H17N3O. The van der Waals surface area contributed by atoms with Gasteiger partial charge in [0.05, 0.1) is 30.4 Å². The van der Waals surface area contributed by atoms with Crippen LogP contribution in [-0.4, -0.2) is 19.2 Å². The van der Waals surface area contributed by atoms with Crippen molar-refractivity contribution in [3.8, 4) is 11.3 Å². The predicted octanol–water partition coefficient (Wildman–Crippen LogP) is 3.01. The number of aromatic nitrogens is 3. The van der Waals surface area contributed by atoms with Gasteiger partial charge in [-0.05, 0) is 24.1 Å². The summed E-state index contributed by atoms with van der Waals surface area (Å²) in [6.07, 6.45) is 6.42. The summed E-state index contributed by atoms with van der Waals surface area (Å²) in [5, 5.41) is 10.9. The maximum Gasteiger partial charge on any atom is 0.0991 e. The van der Waals surface area contributed by atoms with Crippen LogP contribution in [-0.2, 0) is 6.54 Å². The van der Waals surface area contributed by atoms with Gasteiger partial charge in [-0.3, -0.25) is 0 Å². The highest BCUT2D eigenvalue weighted by molar-refractivity contribution is 5.69. The van der Waals surface area contributed by atoms with Crippen molar-refractivity contribution < 1.29 is 5.11 Å². The minimum Gasteiger partial charge on any atom is -0.386 e. The molecule has 110 valence electrons. The van der Waals surface area contributed by atoms with Crippen LogP contribution >= 0.6 is 0 Å². The average molecular weight is 291 g/mol. The van der Waals surface area contributed by atoms with Gasteiger partial charge in [-0.15, -0.1) is 0 Å². The Morgan fingerprint density at radius 3 is 3.00 bits per heavy atom. The molecule has 5 rings (SSSR count). The third kappa shape index (κ3) is 1.48. The highest BCUT2D eigenvalue weighted by Gasteiger charge is 2.40. The second-order valence-corrected chi connectivity index (χ2v) is 6.24. The van der Waals surface area contributed by atoms with Crippen LogP contribution in [0.3, 0.4) is 0 Å². The number of imidazole rings is 1. The van der Waals surface area contributed by atoms with E-state index < -0.39 is 6.10 Å². The Balaban J connectivity index is 1.65. The van der Waals surface area contributed by atoms with Gasteiger partial charge < -0.3 is 14.2 Å². The molecule has 2 aliphatic rings. The van der Waals surface area contributed by atoms with E-state index >= 15 is 0 Å². The van der Waals surface area contributed by atoms with E-state index in [1.807, 2.05) is 24.7 Å². The number of aliphatic hydroxyl groups excluding tert-OH is 1. The molecular weight excluding hydrogens is 274 g/mol. The Bertz CT molecular complexity index is 847. The van der Waals surface area contributed by atoms with Crippen molar-refractivity contribution in [2.45, 2.75) is 25.1 Å². The summed E-state index contributed by atoms with van der Waals surface area (Å²) in [7, 11) is 0. The van der Waals surface area contributed by atoms with Crippen LogP contribution in [0.25, 0.3) is 11.3 Å². The van der Waals surface area contributed by atoms with Crippen LogP contribution in [0.2, 0.25) is 0 Å². The third-order valence-electron chi connectivity index (χ3n) is 5.20. The number of hydrogen-bond acceptors (Lipinski definition) is 2. The van der Waals surface area contributed by atoms with Crippen LogP contribution in [0.1, 0.15) is 29.8 Å². The molecule has 4 heteroatoms. The van der Waals surface area contributed by atoms with Gasteiger partial charge in [0.2, 0.25) is 0 Å². The molecule has 1 N–H and O–H groups in total. The fraction of sp³-hybridized carbons (Fsp3) is 0.278. The van der Waals surface area contributed by atoms with E-state index in [1.165, 1.54) is 11.1 Å². The van der Waals surface area contributed by atoms with Gasteiger partial charge in [-0.2, -0.15) is 0 Å². The van der Waals surface area contributed by atoms with Crippen molar-refractivity contribution in [3.05, 3.63) is 66.4 Å². The molecule has 0 saturated heterocycles. The van der Waals surface area contributed by atoms with Gasteiger partial charge in [-0.1, -0.05) is 24.3 Å². The Morgan fingerprint density at radius 2 is 2.05 bits per heavy atom. The van der Waals surface area contributed by atoms with E-state index in [1.54, 1.807) is 0 Å². The zero-order valence-electron chi connectivity index (χ0n) is 12.1. The Hall–Kier alpha value is -2.33. The normalized spacial score (nSPS) is 25.6. The summed E-state index contributed by atoms with van der Waals surface area (Å²) in [4.78, 5) is 4.32. The molecule has 3 atom stereocenters. The Kier molecular flexibility index (Phi) is 2.41. The maximum absolute atomic E-state index is 10.9. The molecule has 2 aromatic heterocycles.